The highest BCUT2D eigenvalue weighted by atomic mass is 16.5. The van der Waals surface area contributed by atoms with Gasteiger partial charge in [-0.3, -0.25) is 4.79 Å². The fourth-order valence-electron chi connectivity index (χ4n) is 3.24. The largest absolute Gasteiger partial charge is 0.496 e. The number of para-hydroxylation sites is 1. The lowest BCUT2D eigenvalue weighted by Gasteiger charge is -2.35. The van der Waals surface area contributed by atoms with E-state index in [2.05, 4.69) is 6.92 Å². The number of carbonyl (C=O) groups is 1. The minimum Gasteiger partial charge on any atom is -0.496 e. The highest BCUT2D eigenvalue weighted by Crippen LogP contribution is 2.29. The van der Waals surface area contributed by atoms with E-state index in [1.54, 1.807) is 7.11 Å². The number of benzene rings is 1. The van der Waals surface area contributed by atoms with Crippen molar-refractivity contribution in [2.45, 2.75) is 45.1 Å². The molecule has 2 rings (SSSR count). The van der Waals surface area contributed by atoms with E-state index in [0.29, 0.717) is 12.3 Å². The second kappa shape index (κ2) is 7.63. The molecule has 1 aliphatic rings. The second-order valence-corrected chi connectivity index (χ2v) is 6.45. The SMILES string of the molecule is COc1ccccc1C(C)CC(=O)N1CCCC(C(C)N)C1. The quantitative estimate of drug-likeness (QED) is 0.910. The zero-order valence-electron chi connectivity index (χ0n) is 13.9. The molecule has 3 unspecified atom stereocenters. The Morgan fingerprint density at radius 3 is 2.82 bits per heavy atom. The fraction of sp³-hybridized carbons (Fsp3) is 0.611. The number of nitrogens with two attached hydrogens (primary N) is 1. The summed E-state index contributed by atoms with van der Waals surface area (Å²) in [5.41, 5.74) is 7.10. The van der Waals surface area contributed by atoms with Gasteiger partial charge in [0.05, 0.1) is 7.11 Å². The zero-order chi connectivity index (χ0) is 16.1. The predicted molar refractivity (Wildman–Crippen MR) is 89.0 cm³/mol. The number of likely N-dealkylation sites (tertiary alicyclic amines) is 1. The van der Waals surface area contributed by atoms with E-state index >= 15 is 0 Å². The number of ether oxygens (including phenoxy) is 1. The van der Waals surface area contributed by atoms with Crippen LogP contribution in [0.5, 0.6) is 5.75 Å². The smallest absolute Gasteiger partial charge is 0.223 e. The van der Waals surface area contributed by atoms with E-state index in [4.69, 9.17) is 10.5 Å². The first-order valence-corrected chi connectivity index (χ1v) is 8.19. The molecule has 2 N–H and O–H groups in total. The van der Waals surface area contributed by atoms with Crippen LogP contribution in [-0.4, -0.2) is 37.0 Å². The fourth-order valence-corrected chi connectivity index (χ4v) is 3.24. The lowest BCUT2D eigenvalue weighted by atomic mass is 9.91. The number of hydrogen-bond donors (Lipinski definition) is 1. The number of piperidine rings is 1. The monoisotopic (exact) mass is 304 g/mol. The highest BCUT2D eigenvalue weighted by molar-refractivity contribution is 5.77. The van der Waals surface area contributed by atoms with Crippen LogP contribution in [0.3, 0.4) is 0 Å². The van der Waals surface area contributed by atoms with E-state index in [9.17, 15) is 4.79 Å². The topological polar surface area (TPSA) is 55.6 Å². The van der Waals surface area contributed by atoms with Crippen LogP contribution in [0.4, 0.5) is 0 Å². The molecule has 4 heteroatoms. The molecule has 4 nitrogen and oxygen atoms in total. The van der Waals surface area contributed by atoms with Crippen LogP contribution in [0.1, 0.15) is 44.6 Å². The lowest BCUT2D eigenvalue weighted by molar-refractivity contribution is -0.133. The molecule has 1 aromatic carbocycles. The Morgan fingerprint density at radius 2 is 2.14 bits per heavy atom. The van der Waals surface area contributed by atoms with Crippen LogP contribution in [-0.2, 0) is 4.79 Å². The van der Waals surface area contributed by atoms with Crippen molar-refractivity contribution in [1.29, 1.82) is 0 Å². The highest BCUT2D eigenvalue weighted by Gasteiger charge is 2.27. The molecule has 122 valence electrons. The molecule has 0 saturated carbocycles. The van der Waals surface area contributed by atoms with Gasteiger partial charge < -0.3 is 15.4 Å². The Balaban J connectivity index is 1.99. The molecule has 1 aliphatic heterocycles. The van der Waals surface area contributed by atoms with Gasteiger partial charge in [-0.15, -0.1) is 0 Å². The maximum Gasteiger partial charge on any atom is 0.223 e. The van der Waals surface area contributed by atoms with Crippen molar-refractivity contribution < 1.29 is 9.53 Å². The summed E-state index contributed by atoms with van der Waals surface area (Å²) in [4.78, 5) is 14.6. The van der Waals surface area contributed by atoms with Crippen molar-refractivity contribution in [2.24, 2.45) is 11.7 Å². The summed E-state index contributed by atoms with van der Waals surface area (Å²) in [6, 6.07) is 8.09. The summed E-state index contributed by atoms with van der Waals surface area (Å²) in [6.45, 7) is 5.79. The van der Waals surface area contributed by atoms with E-state index in [1.165, 1.54) is 0 Å². The molecule has 0 aromatic heterocycles. The molecule has 1 amide bonds. The van der Waals surface area contributed by atoms with Gasteiger partial charge in [0.1, 0.15) is 5.75 Å². The van der Waals surface area contributed by atoms with E-state index in [-0.39, 0.29) is 17.9 Å². The lowest BCUT2D eigenvalue weighted by Crippen LogP contribution is -2.45. The van der Waals surface area contributed by atoms with E-state index < -0.39 is 0 Å². The van der Waals surface area contributed by atoms with Crippen molar-refractivity contribution >= 4 is 5.91 Å². The Labute approximate surface area is 133 Å². The summed E-state index contributed by atoms with van der Waals surface area (Å²) in [7, 11) is 1.67. The number of hydrogen-bond acceptors (Lipinski definition) is 3. The number of carbonyl (C=O) groups excluding carboxylic acids is 1. The Bertz CT molecular complexity index is 502. The van der Waals surface area contributed by atoms with E-state index in [1.807, 2.05) is 36.1 Å². The number of methoxy groups -OCH3 is 1. The van der Waals surface area contributed by atoms with Gasteiger partial charge in [-0.25, -0.2) is 0 Å². The summed E-state index contributed by atoms with van der Waals surface area (Å²) in [5, 5.41) is 0. The molecular formula is C18H28N2O2. The Morgan fingerprint density at radius 1 is 1.41 bits per heavy atom. The zero-order valence-corrected chi connectivity index (χ0v) is 13.9. The average molecular weight is 304 g/mol. The molecule has 0 radical (unpaired) electrons. The van der Waals surface area contributed by atoms with Crippen LogP contribution >= 0.6 is 0 Å². The van der Waals surface area contributed by atoms with Crippen LogP contribution < -0.4 is 10.5 Å². The molecule has 1 fully saturated rings. The number of nitrogens with zero attached hydrogens (tertiary/aromatic N) is 1. The van der Waals surface area contributed by atoms with E-state index in [0.717, 1.165) is 37.2 Å². The van der Waals surface area contributed by atoms with Gasteiger partial charge in [0.25, 0.3) is 0 Å². The van der Waals surface area contributed by atoms with Gasteiger partial charge in [-0.1, -0.05) is 25.1 Å². The predicted octanol–water partition coefficient (Wildman–Crippen LogP) is 2.77. The van der Waals surface area contributed by atoms with Gasteiger partial charge in [0.15, 0.2) is 0 Å². The Kier molecular flexibility index (Phi) is 5.83. The molecule has 1 aromatic rings. The molecule has 1 heterocycles. The van der Waals surface area contributed by atoms with Crippen molar-refractivity contribution in [1.82, 2.24) is 4.90 Å². The van der Waals surface area contributed by atoms with Crippen LogP contribution in [0.25, 0.3) is 0 Å². The minimum atomic E-state index is 0.152. The van der Waals surface area contributed by atoms with Crippen LogP contribution in [0.15, 0.2) is 24.3 Å². The third-order valence-corrected chi connectivity index (χ3v) is 4.70. The average Bonchev–Trinajstić information content (AvgIpc) is 2.54. The maximum absolute atomic E-state index is 12.6. The molecule has 1 saturated heterocycles. The molecule has 0 aliphatic carbocycles. The van der Waals surface area contributed by atoms with Gasteiger partial charge in [0, 0.05) is 25.6 Å². The van der Waals surface area contributed by atoms with Crippen molar-refractivity contribution in [2.75, 3.05) is 20.2 Å². The molecule has 3 atom stereocenters. The molecule has 22 heavy (non-hydrogen) atoms. The first-order valence-electron chi connectivity index (χ1n) is 8.19. The normalized spacial score (nSPS) is 21.3. The molecular weight excluding hydrogens is 276 g/mol. The summed E-state index contributed by atoms with van der Waals surface area (Å²) < 4.78 is 5.40. The molecule has 0 bridgehead atoms. The van der Waals surface area contributed by atoms with Crippen LogP contribution in [0, 0.1) is 5.92 Å². The second-order valence-electron chi connectivity index (χ2n) is 6.45. The van der Waals surface area contributed by atoms with Crippen molar-refractivity contribution in [3.05, 3.63) is 29.8 Å². The van der Waals surface area contributed by atoms with Crippen LogP contribution in [0.2, 0.25) is 0 Å². The van der Waals surface area contributed by atoms with Gasteiger partial charge in [0.2, 0.25) is 5.91 Å². The minimum absolute atomic E-state index is 0.152. The number of rotatable bonds is 5. The standard InChI is InChI=1S/C18H28N2O2/c1-13(16-8-4-5-9-17(16)22-3)11-18(21)20-10-6-7-15(12-20)14(2)19/h4-5,8-9,13-15H,6-7,10-12,19H2,1-3H3. The van der Waals surface area contributed by atoms with Gasteiger partial charge in [-0.2, -0.15) is 0 Å². The molecule has 0 spiro atoms. The Hall–Kier alpha value is -1.55. The summed E-state index contributed by atoms with van der Waals surface area (Å²) in [6.07, 6.45) is 2.70. The third-order valence-electron chi connectivity index (χ3n) is 4.70. The first kappa shape index (κ1) is 16.8. The van der Waals surface area contributed by atoms with Crippen molar-refractivity contribution in [3.8, 4) is 5.75 Å². The first-order chi connectivity index (χ1) is 10.5. The van der Waals surface area contributed by atoms with Crippen molar-refractivity contribution in [3.63, 3.8) is 0 Å². The summed E-state index contributed by atoms with van der Waals surface area (Å²) >= 11 is 0. The maximum atomic E-state index is 12.6. The van der Waals surface area contributed by atoms with Gasteiger partial charge >= 0.3 is 0 Å². The summed E-state index contributed by atoms with van der Waals surface area (Å²) in [5.74, 6) is 1.66. The van der Waals surface area contributed by atoms with Gasteiger partial charge in [-0.05, 0) is 43.2 Å². The number of amides is 1. The third kappa shape index (κ3) is 4.01.